The van der Waals surface area contributed by atoms with Crippen molar-refractivity contribution in [3.8, 4) is 0 Å². The fourth-order valence-corrected chi connectivity index (χ4v) is 1.96. The van der Waals surface area contributed by atoms with Crippen molar-refractivity contribution in [2.45, 2.75) is 52.2 Å². The number of carboxylic acids is 1. The number of ether oxygens (including phenoxy) is 1. The summed E-state index contributed by atoms with van der Waals surface area (Å²) in [6.07, 6.45) is 3.75. The minimum absolute atomic E-state index is 0.282. The van der Waals surface area contributed by atoms with Crippen LogP contribution in [-0.2, 0) is 9.53 Å². The molecule has 2 unspecified atom stereocenters. The average Bonchev–Trinajstić information content (AvgIpc) is 2.59. The number of carbonyl (C=O) groups is 2. The lowest BCUT2D eigenvalue weighted by Crippen LogP contribution is -2.39. The van der Waals surface area contributed by atoms with Crippen molar-refractivity contribution in [1.29, 1.82) is 0 Å². The zero-order valence-electron chi connectivity index (χ0n) is 11.3. The predicted molar refractivity (Wildman–Crippen MR) is 67.3 cm³/mol. The number of rotatable bonds is 3. The van der Waals surface area contributed by atoms with Gasteiger partial charge in [0.15, 0.2) is 0 Å². The van der Waals surface area contributed by atoms with E-state index in [1.54, 1.807) is 32.9 Å². The molecule has 1 amide bonds. The molecule has 0 aromatic heterocycles. The molecular formula is C13H21NO4. The third kappa shape index (κ3) is 3.48. The number of hydrogen-bond acceptors (Lipinski definition) is 3. The monoisotopic (exact) mass is 255 g/mol. The van der Waals surface area contributed by atoms with Gasteiger partial charge in [-0.2, -0.15) is 0 Å². The molecule has 18 heavy (non-hydrogen) atoms. The number of hydrogen-bond donors (Lipinski definition) is 2. The summed E-state index contributed by atoms with van der Waals surface area (Å²) >= 11 is 0. The van der Waals surface area contributed by atoms with Gasteiger partial charge in [-0.15, -0.1) is 0 Å². The quantitative estimate of drug-likeness (QED) is 0.759. The minimum Gasteiger partial charge on any atom is -0.481 e. The van der Waals surface area contributed by atoms with Gasteiger partial charge in [0.2, 0.25) is 0 Å². The van der Waals surface area contributed by atoms with Crippen LogP contribution < -0.4 is 5.32 Å². The van der Waals surface area contributed by atoms with E-state index in [1.165, 1.54) is 0 Å². The first-order chi connectivity index (χ1) is 8.18. The highest BCUT2D eigenvalue weighted by Crippen LogP contribution is 2.35. The number of amides is 1. The van der Waals surface area contributed by atoms with Crippen LogP contribution in [0.25, 0.3) is 0 Å². The van der Waals surface area contributed by atoms with Crippen molar-refractivity contribution in [2.24, 2.45) is 5.41 Å². The molecule has 102 valence electrons. The van der Waals surface area contributed by atoms with E-state index in [9.17, 15) is 14.7 Å². The van der Waals surface area contributed by atoms with Gasteiger partial charge < -0.3 is 15.2 Å². The average molecular weight is 255 g/mol. The lowest BCUT2D eigenvalue weighted by molar-refractivity contribution is -0.146. The Bertz CT molecular complexity index is 370. The largest absolute Gasteiger partial charge is 0.481 e. The summed E-state index contributed by atoms with van der Waals surface area (Å²) in [5.41, 5.74) is -1.42. The van der Waals surface area contributed by atoms with E-state index in [4.69, 9.17) is 4.74 Å². The topological polar surface area (TPSA) is 75.6 Å². The summed E-state index contributed by atoms with van der Waals surface area (Å²) in [5, 5.41) is 11.9. The third-order valence-electron chi connectivity index (χ3n) is 2.99. The van der Waals surface area contributed by atoms with Crippen molar-refractivity contribution in [2.75, 3.05) is 0 Å². The van der Waals surface area contributed by atoms with Gasteiger partial charge in [-0.05, 0) is 33.6 Å². The van der Waals surface area contributed by atoms with E-state index in [0.717, 1.165) is 0 Å². The van der Waals surface area contributed by atoms with Gasteiger partial charge in [0.1, 0.15) is 5.60 Å². The number of carbonyl (C=O) groups excluding carboxylic acids is 1. The van der Waals surface area contributed by atoms with Crippen molar-refractivity contribution in [3.63, 3.8) is 0 Å². The zero-order chi connectivity index (χ0) is 14.0. The first-order valence-electron chi connectivity index (χ1n) is 6.11. The number of alkyl carbamates (subject to hydrolysis) is 1. The summed E-state index contributed by atoms with van der Waals surface area (Å²) in [7, 11) is 0. The van der Waals surface area contributed by atoms with Crippen molar-refractivity contribution in [3.05, 3.63) is 12.2 Å². The molecule has 5 heteroatoms. The van der Waals surface area contributed by atoms with Crippen molar-refractivity contribution < 1.29 is 19.4 Å². The molecule has 0 bridgehead atoms. The predicted octanol–water partition coefficient (Wildman–Crippen LogP) is 2.32. The van der Waals surface area contributed by atoms with Gasteiger partial charge in [0.25, 0.3) is 0 Å². The number of carboxylic acid groups (broad SMARTS) is 1. The molecule has 0 saturated heterocycles. The molecule has 5 nitrogen and oxygen atoms in total. The Morgan fingerprint density at radius 1 is 1.50 bits per heavy atom. The van der Waals surface area contributed by atoms with Crippen LogP contribution >= 0.6 is 0 Å². The van der Waals surface area contributed by atoms with E-state index < -0.39 is 23.1 Å². The fourth-order valence-electron chi connectivity index (χ4n) is 1.96. The second kappa shape index (κ2) is 5.00. The molecule has 2 N–H and O–H groups in total. The van der Waals surface area contributed by atoms with Gasteiger partial charge in [-0.1, -0.05) is 19.1 Å². The standard InChI is InChI=1S/C13H21NO4/c1-5-13(10(15)16)7-6-9(8-13)14-11(17)18-12(2,3)4/h6-7,9H,5,8H2,1-4H3,(H,14,17)(H,15,16). The van der Waals surface area contributed by atoms with Crippen LogP contribution in [0, 0.1) is 5.41 Å². The smallest absolute Gasteiger partial charge is 0.408 e. The molecule has 1 rings (SSSR count). The number of aliphatic carboxylic acids is 1. The molecule has 2 atom stereocenters. The second-order valence-corrected chi connectivity index (χ2v) is 5.63. The summed E-state index contributed by atoms with van der Waals surface area (Å²) < 4.78 is 5.13. The van der Waals surface area contributed by atoms with Gasteiger partial charge >= 0.3 is 12.1 Å². The summed E-state index contributed by atoms with van der Waals surface area (Å²) in [6, 6.07) is -0.282. The maximum atomic E-state index is 11.6. The van der Waals surface area contributed by atoms with Gasteiger partial charge in [-0.3, -0.25) is 4.79 Å². The minimum atomic E-state index is -0.861. The third-order valence-corrected chi connectivity index (χ3v) is 2.99. The summed E-state index contributed by atoms with van der Waals surface area (Å²) in [5.74, 6) is -0.852. The van der Waals surface area contributed by atoms with Crippen LogP contribution in [0.1, 0.15) is 40.5 Å². The van der Waals surface area contributed by atoms with Gasteiger partial charge in [0.05, 0.1) is 11.5 Å². The van der Waals surface area contributed by atoms with Crippen LogP contribution in [0.15, 0.2) is 12.2 Å². The van der Waals surface area contributed by atoms with E-state index >= 15 is 0 Å². The van der Waals surface area contributed by atoms with E-state index in [1.807, 2.05) is 6.92 Å². The molecule has 0 aliphatic heterocycles. The second-order valence-electron chi connectivity index (χ2n) is 5.63. The summed E-state index contributed by atoms with van der Waals surface area (Å²) in [6.45, 7) is 7.17. The van der Waals surface area contributed by atoms with Crippen LogP contribution in [0.3, 0.4) is 0 Å². The zero-order valence-corrected chi connectivity index (χ0v) is 11.3. The highest BCUT2D eigenvalue weighted by atomic mass is 16.6. The SMILES string of the molecule is CCC1(C(=O)O)C=CC(NC(=O)OC(C)(C)C)C1. The van der Waals surface area contributed by atoms with Crippen LogP contribution in [0.5, 0.6) is 0 Å². The van der Waals surface area contributed by atoms with Crippen LogP contribution in [0.2, 0.25) is 0 Å². The number of nitrogens with one attached hydrogen (secondary N) is 1. The molecule has 0 aromatic carbocycles. The van der Waals surface area contributed by atoms with E-state index in [2.05, 4.69) is 5.32 Å². The first-order valence-corrected chi connectivity index (χ1v) is 6.11. The first kappa shape index (κ1) is 14.5. The Morgan fingerprint density at radius 2 is 2.11 bits per heavy atom. The Morgan fingerprint density at radius 3 is 2.50 bits per heavy atom. The fraction of sp³-hybridized carbons (Fsp3) is 0.692. The Labute approximate surface area is 107 Å². The molecule has 1 aliphatic carbocycles. The van der Waals surface area contributed by atoms with Gasteiger partial charge in [-0.25, -0.2) is 4.79 Å². The maximum Gasteiger partial charge on any atom is 0.408 e. The van der Waals surface area contributed by atoms with Crippen LogP contribution in [0.4, 0.5) is 4.79 Å². The molecule has 0 aromatic rings. The Kier molecular flexibility index (Phi) is 4.04. The highest BCUT2D eigenvalue weighted by Gasteiger charge is 2.40. The lowest BCUT2D eigenvalue weighted by atomic mass is 9.84. The molecule has 0 radical (unpaired) electrons. The molecular weight excluding hydrogens is 234 g/mol. The summed E-state index contributed by atoms with van der Waals surface area (Å²) in [4.78, 5) is 22.8. The normalized spacial score (nSPS) is 27.0. The Hall–Kier alpha value is -1.52. The maximum absolute atomic E-state index is 11.6. The Balaban J connectivity index is 2.57. The van der Waals surface area contributed by atoms with Gasteiger partial charge in [0, 0.05) is 0 Å². The van der Waals surface area contributed by atoms with Crippen LogP contribution in [-0.4, -0.2) is 28.8 Å². The molecule has 0 saturated carbocycles. The molecule has 0 fully saturated rings. The molecule has 0 spiro atoms. The lowest BCUT2D eigenvalue weighted by Gasteiger charge is -2.24. The molecule has 0 heterocycles. The van der Waals surface area contributed by atoms with E-state index in [-0.39, 0.29) is 6.04 Å². The molecule has 1 aliphatic rings. The van der Waals surface area contributed by atoms with E-state index in [0.29, 0.717) is 12.8 Å². The van der Waals surface area contributed by atoms with Crippen molar-refractivity contribution >= 4 is 12.1 Å². The van der Waals surface area contributed by atoms with Crippen molar-refractivity contribution in [1.82, 2.24) is 5.32 Å². The highest BCUT2D eigenvalue weighted by molar-refractivity contribution is 5.78.